The Morgan fingerprint density at radius 1 is 0.941 bits per heavy atom. The molecule has 17 heavy (non-hydrogen) atoms. The molecule has 2 nitrogen and oxygen atoms in total. The number of aliphatic hydroxyl groups is 1. The summed E-state index contributed by atoms with van der Waals surface area (Å²) in [5.41, 5.74) is 2.17. The van der Waals surface area contributed by atoms with Gasteiger partial charge in [-0.05, 0) is 30.5 Å². The summed E-state index contributed by atoms with van der Waals surface area (Å²) in [7, 11) is 0. The number of hydrogen-bond donors (Lipinski definition) is 2. The number of aliphatic hydroxyl groups excluding tert-OH is 1. The first-order valence-corrected chi connectivity index (χ1v) is 6.85. The van der Waals surface area contributed by atoms with Crippen LogP contribution in [0.3, 0.4) is 0 Å². The van der Waals surface area contributed by atoms with Gasteiger partial charge in [0, 0.05) is 11.7 Å². The van der Waals surface area contributed by atoms with Gasteiger partial charge in [-0.3, -0.25) is 0 Å². The van der Waals surface area contributed by atoms with Gasteiger partial charge in [-0.25, -0.2) is 0 Å². The van der Waals surface area contributed by atoms with Gasteiger partial charge in [0.25, 0.3) is 0 Å². The monoisotopic (exact) mass is 233 g/mol. The minimum atomic E-state index is 0.129. The maximum absolute atomic E-state index is 9.00. The Hall–Kier alpha value is -1.02. The van der Waals surface area contributed by atoms with Crippen molar-refractivity contribution < 1.29 is 5.11 Å². The Morgan fingerprint density at radius 2 is 1.53 bits per heavy atom. The van der Waals surface area contributed by atoms with Crippen LogP contribution >= 0.6 is 0 Å². The normalized spacial score (nSPS) is 18.4. The minimum Gasteiger partial charge on any atom is -0.392 e. The van der Waals surface area contributed by atoms with Gasteiger partial charge in [0.05, 0.1) is 6.61 Å². The highest BCUT2D eigenvalue weighted by molar-refractivity contribution is 5.45. The summed E-state index contributed by atoms with van der Waals surface area (Å²) < 4.78 is 0. The SMILES string of the molecule is OCc1ccc(NC2CCCCCCC2)cc1. The van der Waals surface area contributed by atoms with Crippen LogP contribution in [0, 0.1) is 0 Å². The molecule has 0 aromatic heterocycles. The van der Waals surface area contributed by atoms with Crippen LogP contribution in [-0.2, 0) is 6.61 Å². The number of benzene rings is 1. The molecule has 94 valence electrons. The topological polar surface area (TPSA) is 32.3 Å². The molecule has 1 aliphatic carbocycles. The van der Waals surface area contributed by atoms with Crippen LogP contribution in [0.5, 0.6) is 0 Å². The highest BCUT2D eigenvalue weighted by Crippen LogP contribution is 2.21. The Kier molecular flexibility index (Phi) is 4.87. The van der Waals surface area contributed by atoms with E-state index in [2.05, 4.69) is 17.4 Å². The Balaban J connectivity index is 1.88. The molecule has 0 bridgehead atoms. The minimum absolute atomic E-state index is 0.129. The fourth-order valence-corrected chi connectivity index (χ4v) is 2.54. The molecule has 0 aliphatic heterocycles. The van der Waals surface area contributed by atoms with Gasteiger partial charge in [0.1, 0.15) is 0 Å². The van der Waals surface area contributed by atoms with E-state index in [9.17, 15) is 0 Å². The molecule has 0 amide bonds. The highest BCUT2D eigenvalue weighted by atomic mass is 16.3. The van der Waals surface area contributed by atoms with Crippen LogP contribution < -0.4 is 5.32 Å². The summed E-state index contributed by atoms with van der Waals surface area (Å²) in [5, 5.41) is 12.6. The smallest absolute Gasteiger partial charge is 0.0681 e. The molecule has 0 radical (unpaired) electrons. The first-order valence-electron chi connectivity index (χ1n) is 6.85. The second-order valence-electron chi connectivity index (χ2n) is 5.04. The lowest BCUT2D eigenvalue weighted by atomic mass is 9.96. The van der Waals surface area contributed by atoms with Crippen molar-refractivity contribution in [2.24, 2.45) is 0 Å². The van der Waals surface area contributed by atoms with E-state index in [1.165, 1.54) is 50.6 Å². The third kappa shape index (κ3) is 4.04. The zero-order valence-electron chi connectivity index (χ0n) is 10.5. The largest absolute Gasteiger partial charge is 0.392 e. The molecular weight excluding hydrogens is 210 g/mol. The Bertz CT molecular complexity index is 312. The standard InChI is InChI=1S/C15H23NO/c17-12-13-8-10-15(11-9-13)16-14-6-4-2-1-3-5-7-14/h8-11,14,16-17H,1-7,12H2. The van der Waals surface area contributed by atoms with Crippen LogP contribution in [0.25, 0.3) is 0 Å². The lowest BCUT2D eigenvalue weighted by Gasteiger charge is -2.22. The van der Waals surface area contributed by atoms with Crippen LogP contribution in [0.15, 0.2) is 24.3 Å². The van der Waals surface area contributed by atoms with Crippen molar-refractivity contribution in [2.75, 3.05) is 5.32 Å². The summed E-state index contributed by atoms with van der Waals surface area (Å²) in [6.07, 6.45) is 9.49. The van der Waals surface area contributed by atoms with Crippen molar-refractivity contribution in [3.8, 4) is 0 Å². The van der Waals surface area contributed by atoms with E-state index in [1.54, 1.807) is 0 Å². The second-order valence-corrected chi connectivity index (χ2v) is 5.04. The number of rotatable bonds is 3. The molecule has 0 heterocycles. The molecule has 1 fully saturated rings. The molecule has 0 atom stereocenters. The molecule has 1 aromatic rings. The van der Waals surface area contributed by atoms with Crippen molar-refractivity contribution in [2.45, 2.75) is 57.6 Å². The zero-order chi connectivity index (χ0) is 11.9. The summed E-state index contributed by atoms with van der Waals surface area (Å²) in [4.78, 5) is 0. The van der Waals surface area contributed by atoms with Gasteiger partial charge in [0.2, 0.25) is 0 Å². The van der Waals surface area contributed by atoms with E-state index in [1.807, 2.05) is 12.1 Å². The molecule has 1 aromatic carbocycles. The summed E-state index contributed by atoms with van der Waals surface area (Å²) in [6, 6.07) is 8.76. The zero-order valence-corrected chi connectivity index (χ0v) is 10.5. The van der Waals surface area contributed by atoms with Gasteiger partial charge < -0.3 is 10.4 Å². The van der Waals surface area contributed by atoms with Crippen molar-refractivity contribution in [1.29, 1.82) is 0 Å². The quantitative estimate of drug-likeness (QED) is 0.834. The summed E-state index contributed by atoms with van der Waals surface area (Å²) >= 11 is 0. The van der Waals surface area contributed by atoms with Gasteiger partial charge in [-0.1, -0.05) is 44.2 Å². The predicted molar refractivity (Wildman–Crippen MR) is 72.1 cm³/mol. The van der Waals surface area contributed by atoms with Crippen molar-refractivity contribution in [3.05, 3.63) is 29.8 Å². The fourth-order valence-electron chi connectivity index (χ4n) is 2.54. The van der Waals surface area contributed by atoms with Crippen LogP contribution in [-0.4, -0.2) is 11.1 Å². The van der Waals surface area contributed by atoms with Crippen molar-refractivity contribution in [1.82, 2.24) is 0 Å². The van der Waals surface area contributed by atoms with E-state index in [0.29, 0.717) is 6.04 Å². The first-order chi connectivity index (χ1) is 8.38. The third-order valence-corrected chi connectivity index (χ3v) is 3.61. The highest BCUT2D eigenvalue weighted by Gasteiger charge is 2.10. The summed E-state index contributed by atoms with van der Waals surface area (Å²) in [5.74, 6) is 0. The summed E-state index contributed by atoms with van der Waals surface area (Å²) in [6.45, 7) is 0.129. The lowest BCUT2D eigenvalue weighted by molar-refractivity contribution is 0.282. The average molecular weight is 233 g/mol. The fraction of sp³-hybridized carbons (Fsp3) is 0.600. The molecule has 0 unspecified atom stereocenters. The van der Waals surface area contributed by atoms with Gasteiger partial charge in [-0.15, -0.1) is 0 Å². The van der Waals surface area contributed by atoms with Crippen LogP contribution in [0.1, 0.15) is 50.5 Å². The van der Waals surface area contributed by atoms with Crippen molar-refractivity contribution >= 4 is 5.69 Å². The van der Waals surface area contributed by atoms with Crippen LogP contribution in [0.2, 0.25) is 0 Å². The maximum Gasteiger partial charge on any atom is 0.0681 e. The Labute approximate surface area is 104 Å². The first kappa shape index (κ1) is 12.4. The number of nitrogens with one attached hydrogen (secondary N) is 1. The number of anilines is 1. The third-order valence-electron chi connectivity index (χ3n) is 3.61. The molecule has 2 heteroatoms. The molecule has 0 saturated heterocycles. The molecule has 2 N–H and O–H groups in total. The van der Waals surface area contributed by atoms with Gasteiger partial charge >= 0.3 is 0 Å². The van der Waals surface area contributed by atoms with E-state index in [0.717, 1.165) is 5.56 Å². The van der Waals surface area contributed by atoms with E-state index >= 15 is 0 Å². The van der Waals surface area contributed by atoms with E-state index in [4.69, 9.17) is 5.11 Å². The van der Waals surface area contributed by atoms with Gasteiger partial charge in [-0.2, -0.15) is 0 Å². The average Bonchev–Trinajstić information content (AvgIpc) is 2.33. The molecule has 1 saturated carbocycles. The molecule has 0 spiro atoms. The van der Waals surface area contributed by atoms with E-state index in [-0.39, 0.29) is 6.61 Å². The molecule has 2 rings (SSSR count). The lowest BCUT2D eigenvalue weighted by Crippen LogP contribution is -2.20. The Morgan fingerprint density at radius 3 is 2.12 bits per heavy atom. The predicted octanol–water partition coefficient (Wildman–Crippen LogP) is 3.70. The molecular formula is C15H23NO. The number of hydrogen-bond acceptors (Lipinski definition) is 2. The second kappa shape index (κ2) is 6.65. The maximum atomic E-state index is 9.00. The van der Waals surface area contributed by atoms with Gasteiger partial charge in [0.15, 0.2) is 0 Å². The van der Waals surface area contributed by atoms with E-state index < -0.39 is 0 Å². The molecule has 1 aliphatic rings. The van der Waals surface area contributed by atoms with Crippen molar-refractivity contribution in [3.63, 3.8) is 0 Å². The van der Waals surface area contributed by atoms with Crippen LogP contribution in [0.4, 0.5) is 5.69 Å².